The molecular weight excluding hydrogens is 416 g/mol. The van der Waals surface area contributed by atoms with E-state index in [1.165, 1.54) is 56.9 Å². The highest BCUT2D eigenvalue weighted by atomic mass is 32.1. The van der Waals surface area contributed by atoms with E-state index < -0.39 is 0 Å². The Bertz CT molecular complexity index is 958. The first kappa shape index (κ1) is 24.5. The van der Waals surface area contributed by atoms with E-state index in [0.717, 1.165) is 35.5 Å². The van der Waals surface area contributed by atoms with Crippen LogP contribution >= 0.6 is 11.3 Å². The molecule has 0 bridgehead atoms. The molecule has 0 radical (unpaired) electrons. The van der Waals surface area contributed by atoms with Gasteiger partial charge in [0.1, 0.15) is 0 Å². The third-order valence-corrected chi connectivity index (χ3v) is 6.85. The number of carbonyl (C=O) groups excluding carboxylic acids is 1. The molecule has 3 aromatic rings. The summed E-state index contributed by atoms with van der Waals surface area (Å²) in [5, 5.41) is 2.10. The number of rotatable bonds is 14. The quantitative estimate of drug-likeness (QED) is 0.183. The number of carbonyl (C=O) groups is 1. The van der Waals surface area contributed by atoms with Gasteiger partial charge in [-0.2, -0.15) is 0 Å². The SMILES string of the molecule is CCCCCCCCc1ccc(-c2csc3nc(C(=O)OC(C)CCCCC)cn23)cc1. The van der Waals surface area contributed by atoms with Crippen LogP contribution < -0.4 is 0 Å². The molecule has 1 aromatic carbocycles. The molecule has 5 heteroatoms. The zero-order valence-electron chi connectivity index (χ0n) is 19.9. The van der Waals surface area contributed by atoms with Crippen molar-refractivity contribution in [1.82, 2.24) is 9.38 Å². The number of hydrogen-bond acceptors (Lipinski definition) is 4. The van der Waals surface area contributed by atoms with Crippen molar-refractivity contribution in [3.8, 4) is 11.3 Å². The highest BCUT2D eigenvalue weighted by molar-refractivity contribution is 7.15. The van der Waals surface area contributed by atoms with Crippen molar-refractivity contribution in [2.24, 2.45) is 0 Å². The van der Waals surface area contributed by atoms with E-state index in [9.17, 15) is 4.79 Å². The number of hydrogen-bond donors (Lipinski definition) is 0. The molecule has 0 spiro atoms. The van der Waals surface area contributed by atoms with Crippen LogP contribution in [-0.2, 0) is 11.2 Å². The second-order valence-electron chi connectivity index (χ2n) is 8.83. The molecule has 2 aromatic heterocycles. The fourth-order valence-electron chi connectivity index (χ4n) is 4.03. The summed E-state index contributed by atoms with van der Waals surface area (Å²) in [7, 11) is 0. The zero-order chi connectivity index (χ0) is 22.8. The Labute approximate surface area is 197 Å². The molecule has 4 nitrogen and oxygen atoms in total. The number of ether oxygens (including phenoxy) is 1. The average Bonchev–Trinajstić information content (AvgIpc) is 3.38. The lowest BCUT2D eigenvalue weighted by atomic mass is 10.0. The number of fused-ring (bicyclic) bond motifs is 1. The summed E-state index contributed by atoms with van der Waals surface area (Å²) in [5.74, 6) is -0.329. The topological polar surface area (TPSA) is 43.6 Å². The maximum absolute atomic E-state index is 12.5. The zero-order valence-corrected chi connectivity index (χ0v) is 20.8. The summed E-state index contributed by atoms with van der Waals surface area (Å²) in [6.45, 7) is 6.40. The highest BCUT2D eigenvalue weighted by Crippen LogP contribution is 2.27. The van der Waals surface area contributed by atoms with Crippen molar-refractivity contribution in [2.75, 3.05) is 0 Å². The molecule has 0 aliphatic heterocycles. The molecule has 0 aliphatic carbocycles. The van der Waals surface area contributed by atoms with Gasteiger partial charge in [0.25, 0.3) is 0 Å². The molecule has 0 amide bonds. The number of imidazole rings is 1. The Morgan fingerprint density at radius 2 is 1.69 bits per heavy atom. The number of aromatic nitrogens is 2. The second-order valence-corrected chi connectivity index (χ2v) is 9.66. The lowest BCUT2D eigenvalue weighted by Crippen LogP contribution is -2.15. The normalized spacial score (nSPS) is 12.3. The van der Waals surface area contributed by atoms with Crippen LogP contribution in [0.2, 0.25) is 0 Å². The highest BCUT2D eigenvalue weighted by Gasteiger charge is 2.18. The fraction of sp³-hybridized carbons (Fsp3) is 0.556. The Morgan fingerprint density at radius 1 is 1.00 bits per heavy atom. The second kappa shape index (κ2) is 12.8. The van der Waals surface area contributed by atoms with Crippen molar-refractivity contribution in [2.45, 2.75) is 97.5 Å². The van der Waals surface area contributed by atoms with E-state index >= 15 is 0 Å². The number of aryl methyl sites for hydroxylation is 1. The monoisotopic (exact) mass is 454 g/mol. The summed E-state index contributed by atoms with van der Waals surface area (Å²) in [6.07, 6.45) is 15.1. The lowest BCUT2D eigenvalue weighted by molar-refractivity contribution is 0.0313. The maximum Gasteiger partial charge on any atom is 0.358 e. The van der Waals surface area contributed by atoms with Crippen LogP contribution in [0.4, 0.5) is 0 Å². The largest absolute Gasteiger partial charge is 0.458 e. The van der Waals surface area contributed by atoms with Crippen molar-refractivity contribution < 1.29 is 9.53 Å². The average molecular weight is 455 g/mol. The number of thiazole rings is 1. The maximum atomic E-state index is 12.5. The first-order valence-electron chi connectivity index (χ1n) is 12.4. The number of unbranched alkanes of at least 4 members (excludes halogenated alkanes) is 7. The molecule has 1 unspecified atom stereocenters. The van der Waals surface area contributed by atoms with Gasteiger partial charge in [-0.3, -0.25) is 4.40 Å². The minimum absolute atomic E-state index is 0.0764. The molecule has 1 atom stereocenters. The summed E-state index contributed by atoms with van der Waals surface area (Å²) in [4.78, 5) is 17.9. The molecule has 0 saturated heterocycles. The third-order valence-electron chi connectivity index (χ3n) is 6.01. The van der Waals surface area contributed by atoms with E-state index in [-0.39, 0.29) is 12.1 Å². The third kappa shape index (κ3) is 6.93. The van der Waals surface area contributed by atoms with Gasteiger partial charge in [0.05, 0.1) is 11.8 Å². The van der Waals surface area contributed by atoms with Gasteiger partial charge in [0, 0.05) is 11.6 Å². The molecule has 2 heterocycles. The van der Waals surface area contributed by atoms with E-state index in [4.69, 9.17) is 4.74 Å². The van der Waals surface area contributed by atoms with Crippen LogP contribution in [0.1, 0.15) is 101 Å². The first-order chi connectivity index (χ1) is 15.6. The Balaban J connectivity index is 1.58. The van der Waals surface area contributed by atoms with Gasteiger partial charge in [-0.25, -0.2) is 9.78 Å². The molecule has 0 fully saturated rings. The predicted molar refractivity (Wildman–Crippen MR) is 135 cm³/mol. The van der Waals surface area contributed by atoms with E-state index in [0.29, 0.717) is 5.69 Å². The lowest BCUT2D eigenvalue weighted by Gasteiger charge is -2.11. The van der Waals surface area contributed by atoms with Gasteiger partial charge in [-0.05, 0) is 43.7 Å². The van der Waals surface area contributed by atoms with Crippen molar-refractivity contribution in [3.05, 3.63) is 47.1 Å². The Hall–Kier alpha value is -2.14. The summed E-state index contributed by atoms with van der Waals surface area (Å²) < 4.78 is 7.61. The smallest absolute Gasteiger partial charge is 0.358 e. The van der Waals surface area contributed by atoms with Gasteiger partial charge in [-0.15, -0.1) is 11.3 Å². The van der Waals surface area contributed by atoms with Gasteiger partial charge < -0.3 is 4.74 Å². The minimum atomic E-state index is -0.329. The summed E-state index contributed by atoms with van der Waals surface area (Å²) in [6, 6.07) is 8.83. The van der Waals surface area contributed by atoms with Gasteiger partial charge in [-0.1, -0.05) is 83.1 Å². The van der Waals surface area contributed by atoms with Crippen LogP contribution in [0.5, 0.6) is 0 Å². The van der Waals surface area contributed by atoms with Crippen molar-refractivity contribution in [1.29, 1.82) is 0 Å². The minimum Gasteiger partial charge on any atom is -0.458 e. The Kier molecular flexibility index (Phi) is 9.79. The van der Waals surface area contributed by atoms with Crippen LogP contribution in [0.25, 0.3) is 16.2 Å². The molecule has 0 saturated carbocycles. The van der Waals surface area contributed by atoms with E-state index in [1.54, 1.807) is 11.3 Å². The molecule has 0 aliphatic rings. The molecule has 174 valence electrons. The number of benzene rings is 1. The van der Waals surface area contributed by atoms with Gasteiger partial charge >= 0.3 is 5.97 Å². The van der Waals surface area contributed by atoms with Crippen molar-refractivity contribution >= 4 is 22.3 Å². The van der Waals surface area contributed by atoms with Crippen LogP contribution in [-0.4, -0.2) is 21.5 Å². The van der Waals surface area contributed by atoms with Crippen LogP contribution in [0, 0.1) is 0 Å². The predicted octanol–water partition coefficient (Wildman–Crippen LogP) is 8.09. The number of esters is 1. The molecule has 0 N–H and O–H groups in total. The molecule has 32 heavy (non-hydrogen) atoms. The molecular formula is C27H38N2O2S. The van der Waals surface area contributed by atoms with E-state index in [2.05, 4.69) is 48.5 Å². The van der Waals surface area contributed by atoms with Gasteiger partial charge in [0.15, 0.2) is 10.7 Å². The number of nitrogens with zero attached hydrogens (tertiary/aromatic N) is 2. The summed E-state index contributed by atoms with van der Waals surface area (Å²) in [5.41, 5.74) is 4.00. The van der Waals surface area contributed by atoms with Crippen molar-refractivity contribution in [3.63, 3.8) is 0 Å². The van der Waals surface area contributed by atoms with Crippen LogP contribution in [0.3, 0.4) is 0 Å². The Morgan fingerprint density at radius 3 is 2.44 bits per heavy atom. The standard InChI is InChI=1S/C27H38N2O2S/c1-4-6-8-9-10-12-14-22-15-17-23(18-16-22)25-20-32-27-28-24(19-29(25)27)26(30)31-21(3)13-11-7-5-2/h15-21H,4-14H2,1-3H3. The first-order valence-corrected chi connectivity index (χ1v) is 13.3. The van der Waals surface area contributed by atoms with E-state index in [1.807, 2.05) is 17.5 Å². The fourth-order valence-corrected chi connectivity index (χ4v) is 4.91. The summed E-state index contributed by atoms with van der Waals surface area (Å²) >= 11 is 1.55. The van der Waals surface area contributed by atoms with Crippen LogP contribution in [0.15, 0.2) is 35.8 Å². The van der Waals surface area contributed by atoms with Gasteiger partial charge in [0.2, 0.25) is 0 Å². The molecule has 3 rings (SSSR count).